The standard InChI is InChI=1S/C8H19FN/c1-4-7-10(2,3)8-5-6-9/h4-8H2,1-3H3/q+1/i9-1. The predicted octanol–water partition coefficient (Wildman–Crippen LogP) is 1.83. The Labute approximate surface area is 63.4 Å². The van der Waals surface area contributed by atoms with E-state index in [0.29, 0.717) is 6.42 Å². The van der Waals surface area contributed by atoms with E-state index in [0.717, 1.165) is 17.6 Å². The smallest absolute Gasteiger partial charge is 0.0947 e. The van der Waals surface area contributed by atoms with Crippen LogP contribution in [0.3, 0.4) is 0 Å². The molecule has 0 fully saturated rings. The van der Waals surface area contributed by atoms with Crippen molar-refractivity contribution in [2.45, 2.75) is 19.8 Å². The molecule has 0 saturated heterocycles. The molecule has 2 heteroatoms. The fourth-order valence-corrected chi connectivity index (χ4v) is 1.20. The van der Waals surface area contributed by atoms with Crippen LogP contribution < -0.4 is 0 Å². The predicted molar refractivity (Wildman–Crippen MR) is 42.7 cm³/mol. The molecule has 0 bridgehead atoms. The van der Waals surface area contributed by atoms with Gasteiger partial charge in [0.25, 0.3) is 0 Å². The maximum Gasteiger partial charge on any atom is 0.0947 e. The molecule has 0 atom stereocenters. The molecule has 62 valence electrons. The monoisotopic (exact) mass is 147 g/mol. The van der Waals surface area contributed by atoms with E-state index in [1.807, 2.05) is 0 Å². The molecule has 0 aliphatic rings. The van der Waals surface area contributed by atoms with E-state index in [9.17, 15) is 4.39 Å². The summed E-state index contributed by atoms with van der Waals surface area (Å²) in [6.07, 6.45) is 1.88. The molecule has 0 N–H and O–H groups in total. The highest BCUT2D eigenvalue weighted by Gasteiger charge is 2.11. The lowest BCUT2D eigenvalue weighted by Crippen LogP contribution is -2.41. The van der Waals surface area contributed by atoms with E-state index in [1.54, 1.807) is 0 Å². The minimum Gasteiger partial charge on any atom is -0.328 e. The minimum absolute atomic E-state index is 0.175. The SMILES string of the molecule is CCC[N+](C)(C)CCC[18F]. The average molecular weight is 147 g/mol. The molecule has 0 unspecified atom stereocenters. The maximum absolute atomic E-state index is 11.8. The zero-order chi connectivity index (χ0) is 8.04. The Bertz CT molecular complexity index is 81.3. The van der Waals surface area contributed by atoms with Crippen LogP contribution in [0.2, 0.25) is 0 Å². The number of halogens is 1. The normalized spacial score (nSPS) is 12.0. The molecule has 0 rings (SSSR count). The summed E-state index contributed by atoms with van der Waals surface area (Å²) < 4.78 is 12.7. The topological polar surface area (TPSA) is 0 Å². The van der Waals surface area contributed by atoms with Crippen molar-refractivity contribution in [3.05, 3.63) is 0 Å². The van der Waals surface area contributed by atoms with Gasteiger partial charge in [0, 0.05) is 6.42 Å². The van der Waals surface area contributed by atoms with Gasteiger partial charge in [0.15, 0.2) is 0 Å². The van der Waals surface area contributed by atoms with E-state index in [-0.39, 0.29) is 6.67 Å². The summed E-state index contributed by atoms with van der Waals surface area (Å²) in [6, 6.07) is 0. The Kier molecular flexibility index (Phi) is 4.62. The molecule has 0 aromatic heterocycles. The summed E-state index contributed by atoms with van der Waals surface area (Å²) >= 11 is 0. The lowest BCUT2D eigenvalue weighted by molar-refractivity contribution is -0.890. The zero-order valence-electron chi connectivity index (χ0n) is 7.36. The van der Waals surface area contributed by atoms with Crippen LogP contribution in [0, 0.1) is 0 Å². The van der Waals surface area contributed by atoms with Gasteiger partial charge >= 0.3 is 0 Å². The van der Waals surface area contributed by atoms with Gasteiger partial charge in [-0.3, -0.25) is 4.39 Å². The first-order valence-corrected chi connectivity index (χ1v) is 4.00. The third-order valence-electron chi connectivity index (χ3n) is 1.73. The van der Waals surface area contributed by atoms with Gasteiger partial charge < -0.3 is 4.48 Å². The number of quaternary nitrogens is 1. The average Bonchev–Trinajstić information content (AvgIpc) is 1.84. The van der Waals surface area contributed by atoms with Crippen molar-refractivity contribution in [3.8, 4) is 0 Å². The van der Waals surface area contributed by atoms with Gasteiger partial charge in [-0.1, -0.05) is 6.92 Å². The zero-order valence-corrected chi connectivity index (χ0v) is 7.36. The summed E-state index contributed by atoms with van der Waals surface area (Å²) in [4.78, 5) is 0. The molecule has 0 heterocycles. The van der Waals surface area contributed by atoms with Gasteiger partial charge in [-0.25, -0.2) is 0 Å². The molecule has 0 saturated carbocycles. The van der Waals surface area contributed by atoms with Gasteiger partial charge in [-0.2, -0.15) is 0 Å². The second-order valence-corrected chi connectivity index (χ2v) is 3.43. The van der Waals surface area contributed by atoms with Crippen LogP contribution in [0.15, 0.2) is 0 Å². The first-order chi connectivity index (χ1) is 4.62. The Morgan fingerprint density at radius 2 is 1.80 bits per heavy atom. The van der Waals surface area contributed by atoms with Crippen molar-refractivity contribution < 1.29 is 8.87 Å². The lowest BCUT2D eigenvalue weighted by Gasteiger charge is -2.28. The van der Waals surface area contributed by atoms with Crippen molar-refractivity contribution in [3.63, 3.8) is 0 Å². The van der Waals surface area contributed by atoms with Crippen molar-refractivity contribution in [1.82, 2.24) is 0 Å². The Hall–Kier alpha value is -0.110. The first kappa shape index (κ1) is 9.89. The van der Waals surface area contributed by atoms with E-state index >= 15 is 0 Å². The molecule has 1 nitrogen and oxygen atoms in total. The van der Waals surface area contributed by atoms with Crippen LogP contribution >= 0.6 is 0 Å². The number of rotatable bonds is 5. The van der Waals surface area contributed by atoms with Crippen LogP contribution in [-0.2, 0) is 0 Å². The molecule has 10 heavy (non-hydrogen) atoms. The molecular weight excluding hydrogens is 128 g/mol. The fraction of sp³-hybridized carbons (Fsp3) is 1.00. The molecule has 0 aliphatic heterocycles. The van der Waals surface area contributed by atoms with Crippen molar-refractivity contribution in [2.75, 3.05) is 33.9 Å². The third-order valence-corrected chi connectivity index (χ3v) is 1.73. The van der Waals surface area contributed by atoms with Crippen molar-refractivity contribution >= 4 is 0 Å². The summed E-state index contributed by atoms with van der Waals surface area (Å²) in [5.41, 5.74) is 0. The van der Waals surface area contributed by atoms with Gasteiger partial charge in [-0.15, -0.1) is 0 Å². The summed E-state index contributed by atoms with van der Waals surface area (Å²) in [6.45, 7) is 4.10. The van der Waals surface area contributed by atoms with E-state index < -0.39 is 0 Å². The highest BCUT2D eigenvalue weighted by Crippen LogP contribution is 2.00. The third kappa shape index (κ3) is 4.74. The molecule has 0 aliphatic carbocycles. The molecule has 0 spiro atoms. The Morgan fingerprint density at radius 3 is 2.20 bits per heavy atom. The molecule has 0 amide bonds. The van der Waals surface area contributed by atoms with Gasteiger partial charge in [0.05, 0.1) is 33.9 Å². The largest absolute Gasteiger partial charge is 0.328 e. The van der Waals surface area contributed by atoms with Crippen LogP contribution in [0.1, 0.15) is 19.8 Å². The summed E-state index contributed by atoms with van der Waals surface area (Å²) in [5, 5.41) is 0. The van der Waals surface area contributed by atoms with Crippen LogP contribution in [0.5, 0.6) is 0 Å². The highest BCUT2D eigenvalue weighted by molar-refractivity contribution is 4.34. The van der Waals surface area contributed by atoms with Crippen LogP contribution in [0.4, 0.5) is 4.39 Å². The maximum atomic E-state index is 11.8. The fourth-order valence-electron chi connectivity index (χ4n) is 1.20. The number of hydrogen-bond acceptors (Lipinski definition) is 0. The molecular formula is C8H19FN+. The van der Waals surface area contributed by atoms with Gasteiger partial charge in [0.2, 0.25) is 0 Å². The van der Waals surface area contributed by atoms with Crippen LogP contribution in [0.25, 0.3) is 0 Å². The lowest BCUT2D eigenvalue weighted by atomic mass is 10.3. The van der Waals surface area contributed by atoms with Crippen LogP contribution in [-0.4, -0.2) is 38.3 Å². The summed E-state index contributed by atoms with van der Waals surface area (Å²) in [7, 11) is 4.30. The second-order valence-electron chi connectivity index (χ2n) is 3.43. The van der Waals surface area contributed by atoms with Crippen molar-refractivity contribution in [1.29, 1.82) is 0 Å². The minimum atomic E-state index is -0.175. The molecule has 0 aromatic carbocycles. The number of nitrogens with zero attached hydrogens (tertiary/aromatic N) is 1. The summed E-state index contributed by atoms with van der Waals surface area (Å²) in [5.74, 6) is 0. The van der Waals surface area contributed by atoms with Gasteiger partial charge in [-0.05, 0) is 6.42 Å². The van der Waals surface area contributed by atoms with Crippen molar-refractivity contribution in [2.24, 2.45) is 0 Å². The highest BCUT2D eigenvalue weighted by atomic mass is 18.2. The Morgan fingerprint density at radius 1 is 1.20 bits per heavy atom. The molecule has 0 radical (unpaired) electrons. The second kappa shape index (κ2) is 4.67. The van der Waals surface area contributed by atoms with E-state index in [4.69, 9.17) is 0 Å². The molecule has 0 aromatic rings. The Balaban J connectivity index is 3.42. The van der Waals surface area contributed by atoms with E-state index in [2.05, 4.69) is 21.0 Å². The number of hydrogen-bond donors (Lipinski definition) is 0. The van der Waals surface area contributed by atoms with Gasteiger partial charge in [0.1, 0.15) is 0 Å². The quantitative estimate of drug-likeness (QED) is 0.520. The first-order valence-electron chi connectivity index (χ1n) is 4.00. The number of alkyl halides is 1. The van der Waals surface area contributed by atoms with E-state index in [1.165, 1.54) is 6.42 Å².